The van der Waals surface area contributed by atoms with Gasteiger partial charge in [0.05, 0.1) is 4.90 Å². The molecule has 7 heteroatoms. The van der Waals surface area contributed by atoms with Gasteiger partial charge in [-0.05, 0) is 33.6 Å². The van der Waals surface area contributed by atoms with Gasteiger partial charge in [-0.3, -0.25) is 4.79 Å². The summed E-state index contributed by atoms with van der Waals surface area (Å²) >= 11 is 3.15. The van der Waals surface area contributed by atoms with Crippen LogP contribution in [0, 0.1) is 0 Å². The van der Waals surface area contributed by atoms with E-state index in [-0.39, 0.29) is 4.90 Å². The molecule has 0 aliphatic rings. The van der Waals surface area contributed by atoms with Crippen LogP contribution in [-0.4, -0.2) is 19.5 Å². The summed E-state index contributed by atoms with van der Waals surface area (Å²) in [5, 5.41) is 9.27. The number of rotatable bonds is 5. The van der Waals surface area contributed by atoms with Gasteiger partial charge in [0.2, 0.25) is 10.0 Å². The van der Waals surface area contributed by atoms with Crippen LogP contribution in [0.15, 0.2) is 64.0 Å². The Bertz CT molecular complexity index is 747. The van der Waals surface area contributed by atoms with E-state index in [0.29, 0.717) is 10.0 Å². The number of nitrogens with one attached hydrogen (secondary N) is 1. The molecule has 0 radical (unpaired) electrons. The summed E-state index contributed by atoms with van der Waals surface area (Å²) in [5.74, 6) is -1.27. The molecule has 0 heterocycles. The molecule has 2 N–H and O–H groups in total. The van der Waals surface area contributed by atoms with Crippen LogP contribution in [0.3, 0.4) is 0 Å². The fraction of sp³-hybridized carbons (Fsp3) is 0.0714. The molecule has 0 amide bonds. The zero-order valence-corrected chi connectivity index (χ0v) is 13.1. The van der Waals surface area contributed by atoms with Crippen molar-refractivity contribution in [2.45, 2.75) is 10.9 Å². The van der Waals surface area contributed by atoms with Gasteiger partial charge in [0, 0.05) is 4.47 Å². The van der Waals surface area contributed by atoms with E-state index in [1.165, 1.54) is 6.07 Å². The molecule has 110 valence electrons. The van der Waals surface area contributed by atoms with E-state index in [9.17, 15) is 18.3 Å². The van der Waals surface area contributed by atoms with Gasteiger partial charge in [-0.25, -0.2) is 8.42 Å². The molecule has 1 unspecified atom stereocenters. The summed E-state index contributed by atoms with van der Waals surface area (Å²) < 4.78 is 27.3. The van der Waals surface area contributed by atoms with Gasteiger partial charge in [-0.2, -0.15) is 4.72 Å². The van der Waals surface area contributed by atoms with E-state index in [0.717, 1.165) is 0 Å². The maximum absolute atomic E-state index is 12.3. The van der Waals surface area contributed by atoms with Crippen molar-refractivity contribution in [2.75, 3.05) is 0 Å². The summed E-state index contributed by atoms with van der Waals surface area (Å²) in [6, 6.07) is 13.0. The first-order valence-corrected chi connectivity index (χ1v) is 8.24. The van der Waals surface area contributed by atoms with Gasteiger partial charge < -0.3 is 5.11 Å². The van der Waals surface area contributed by atoms with Gasteiger partial charge >= 0.3 is 5.97 Å². The van der Waals surface area contributed by atoms with Crippen LogP contribution >= 0.6 is 15.9 Å². The fourth-order valence-electron chi connectivity index (χ4n) is 1.79. The van der Waals surface area contributed by atoms with Crippen LogP contribution in [0.5, 0.6) is 0 Å². The quantitative estimate of drug-likeness (QED) is 0.848. The maximum atomic E-state index is 12.3. The summed E-state index contributed by atoms with van der Waals surface area (Å²) in [4.78, 5) is 11.3. The Balaban J connectivity index is 2.38. The van der Waals surface area contributed by atoms with Crippen molar-refractivity contribution in [1.82, 2.24) is 4.72 Å². The Hall–Kier alpha value is -1.70. The molecule has 0 fully saturated rings. The lowest BCUT2D eigenvalue weighted by Crippen LogP contribution is -2.33. The second-order valence-corrected chi connectivity index (χ2v) is 6.77. The van der Waals surface area contributed by atoms with Crippen molar-refractivity contribution in [2.24, 2.45) is 0 Å². The summed E-state index contributed by atoms with van der Waals surface area (Å²) in [6.45, 7) is 0. The summed E-state index contributed by atoms with van der Waals surface area (Å²) in [5.41, 5.74) is 0.362. The average Bonchev–Trinajstić information content (AvgIpc) is 2.46. The SMILES string of the molecule is O=C(O)C(NS(=O)(=O)c1ccccc1Br)c1ccccc1. The first-order valence-electron chi connectivity index (χ1n) is 5.96. The zero-order chi connectivity index (χ0) is 15.5. The number of hydrogen-bond acceptors (Lipinski definition) is 3. The fourth-order valence-corrected chi connectivity index (χ4v) is 3.97. The summed E-state index contributed by atoms with van der Waals surface area (Å²) in [7, 11) is -3.96. The predicted octanol–water partition coefficient (Wildman–Crippen LogP) is 2.55. The molecule has 0 saturated carbocycles. The number of halogens is 1. The molecule has 0 saturated heterocycles. The molecule has 0 aromatic heterocycles. The normalized spacial score (nSPS) is 12.8. The molecule has 21 heavy (non-hydrogen) atoms. The minimum absolute atomic E-state index is 0.00724. The molecule has 1 atom stereocenters. The van der Waals surface area contributed by atoms with Gasteiger partial charge in [0.15, 0.2) is 0 Å². The minimum Gasteiger partial charge on any atom is -0.480 e. The molecule has 0 bridgehead atoms. The third-order valence-electron chi connectivity index (χ3n) is 2.78. The molecule has 0 aliphatic carbocycles. The van der Waals surface area contributed by atoms with Crippen molar-refractivity contribution >= 4 is 31.9 Å². The standard InChI is InChI=1S/C14H12BrNO4S/c15-11-8-4-5-9-12(11)21(19,20)16-13(14(17)18)10-6-2-1-3-7-10/h1-9,13,16H,(H,17,18). The number of benzene rings is 2. The maximum Gasteiger partial charge on any atom is 0.326 e. The Morgan fingerprint density at radius 1 is 1.05 bits per heavy atom. The van der Waals surface area contributed by atoms with Crippen LogP contribution < -0.4 is 4.72 Å². The predicted molar refractivity (Wildman–Crippen MR) is 81.3 cm³/mol. The minimum atomic E-state index is -3.96. The van der Waals surface area contributed by atoms with Gasteiger partial charge in [0.1, 0.15) is 6.04 Å². The first-order chi connectivity index (χ1) is 9.92. The van der Waals surface area contributed by atoms with Crippen molar-refractivity contribution in [3.05, 3.63) is 64.6 Å². The molecule has 0 aliphatic heterocycles. The highest BCUT2D eigenvalue weighted by molar-refractivity contribution is 9.10. The largest absolute Gasteiger partial charge is 0.480 e. The average molecular weight is 370 g/mol. The van der Waals surface area contributed by atoms with Crippen LogP contribution in [0.1, 0.15) is 11.6 Å². The third-order valence-corrected chi connectivity index (χ3v) is 5.21. The van der Waals surface area contributed by atoms with Gasteiger partial charge in [0.25, 0.3) is 0 Å². The van der Waals surface area contributed by atoms with E-state index in [1.807, 2.05) is 0 Å². The molecule has 0 spiro atoms. The third kappa shape index (κ3) is 3.69. The van der Waals surface area contributed by atoms with Crippen molar-refractivity contribution in [3.63, 3.8) is 0 Å². The molecular weight excluding hydrogens is 358 g/mol. The molecule has 2 aromatic rings. The highest BCUT2D eigenvalue weighted by Gasteiger charge is 2.27. The number of hydrogen-bond donors (Lipinski definition) is 2. The lowest BCUT2D eigenvalue weighted by atomic mass is 10.1. The Morgan fingerprint density at radius 2 is 1.62 bits per heavy atom. The van der Waals surface area contributed by atoms with Crippen LogP contribution in [-0.2, 0) is 14.8 Å². The van der Waals surface area contributed by atoms with E-state index in [4.69, 9.17) is 0 Å². The van der Waals surface area contributed by atoms with Crippen LogP contribution in [0.2, 0.25) is 0 Å². The number of carboxylic acids is 1. The molecule has 5 nitrogen and oxygen atoms in total. The number of carboxylic acid groups (broad SMARTS) is 1. The monoisotopic (exact) mass is 369 g/mol. The number of aliphatic carboxylic acids is 1. The van der Waals surface area contributed by atoms with E-state index in [1.54, 1.807) is 48.5 Å². The lowest BCUT2D eigenvalue weighted by molar-refractivity contribution is -0.139. The van der Waals surface area contributed by atoms with E-state index in [2.05, 4.69) is 20.7 Å². The molecular formula is C14H12BrNO4S. The number of sulfonamides is 1. The Kier molecular flexibility index (Phi) is 4.76. The summed E-state index contributed by atoms with van der Waals surface area (Å²) in [6.07, 6.45) is 0. The van der Waals surface area contributed by atoms with Crippen molar-refractivity contribution < 1.29 is 18.3 Å². The molecule has 2 aromatic carbocycles. The van der Waals surface area contributed by atoms with Gasteiger partial charge in [-0.1, -0.05) is 42.5 Å². The molecule has 2 rings (SSSR count). The topological polar surface area (TPSA) is 83.5 Å². The number of carbonyl (C=O) groups is 1. The second-order valence-electron chi connectivity index (χ2n) is 4.23. The highest BCUT2D eigenvalue weighted by atomic mass is 79.9. The van der Waals surface area contributed by atoms with Crippen LogP contribution in [0.4, 0.5) is 0 Å². The van der Waals surface area contributed by atoms with E-state index >= 15 is 0 Å². The zero-order valence-electron chi connectivity index (χ0n) is 10.7. The lowest BCUT2D eigenvalue weighted by Gasteiger charge is -2.15. The Morgan fingerprint density at radius 3 is 2.19 bits per heavy atom. The van der Waals surface area contributed by atoms with Crippen LogP contribution in [0.25, 0.3) is 0 Å². The highest BCUT2D eigenvalue weighted by Crippen LogP contribution is 2.23. The first kappa shape index (κ1) is 15.7. The second kappa shape index (κ2) is 6.38. The van der Waals surface area contributed by atoms with Crippen molar-refractivity contribution in [3.8, 4) is 0 Å². The van der Waals surface area contributed by atoms with E-state index < -0.39 is 22.0 Å². The smallest absolute Gasteiger partial charge is 0.326 e. The Labute approximate surface area is 130 Å². The van der Waals surface area contributed by atoms with Gasteiger partial charge in [-0.15, -0.1) is 0 Å². The van der Waals surface area contributed by atoms with Crippen molar-refractivity contribution in [1.29, 1.82) is 0 Å².